The molecule has 1 heterocycles. The molecule has 0 bridgehead atoms. The first-order valence-electron chi connectivity index (χ1n) is 7.50. The van der Waals surface area contributed by atoms with Gasteiger partial charge in [-0.1, -0.05) is 11.6 Å². The van der Waals surface area contributed by atoms with Crippen LogP contribution in [0, 0.1) is 5.92 Å². The maximum absolute atomic E-state index is 13.0. The van der Waals surface area contributed by atoms with Crippen molar-refractivity contribution in [3.8, 4) is 0 Å². The monoisotopic (exact) mass is 382 g/mol. The molecule has 10 heteroatoms. The second-order valence-electron chi connectivity index (χ2n) is 6.05. The molecular weight excluding hydrogens is 368 g/mol. The van der Waals surface area contributed by atoms with Crippen LogP contribution in [0.5, 0.6) is 0 Å². The average molecular weight is 383 g/mol. The number of aryl methyl sites for hydroxylation is 1. The van der Waals surface area contributed by atoms with E-state index < -0.39 is 21.5 Å². The lowest BCUT2D eigenvalue weighted by molar-refractivity contribution is -0.120. The van der Waals surface area contributed by atoms with E-state index in [9.17, 15) is 18.0 Å². The number of rotatable bonds is 6. The molecule has 1 atom stereocenters. The SMILES string of the molecule is Cn1nnnc1C(C(=O)c1ccc(S(C)(=O)=O)cc1Cl)C(=O)C1CC1. The van der Waals surface area contributed by atoms with Gasteiger partial charge in [0.05, 0.1) is 9.92 Å². The van der Waals surface area contributed by atoms with E-state index in [1.54, 1.807) is 7.05 Å². The van der Waals surface area contributed by atoms with E-state index in [0.29, 0.717) is 0 Å². The highest BCUT2D eigenvalue weighted by Crippen LogP contribution is 2.37. The minimum atomic E-state index is -3.46. The van der Waals surface area contributed by atoms with Gasteiger partial charge >= 0.3 is 0 Å². The van der Waals surface area contributed by atoms with Gasteiger partial charge in [0.2, 0.25) is 0 Å². The van der Waals surface area contributed by atoms with Crippen molar-refractivity contribution in [3.05, 3.63) is 34.6 Å². The third-order valence-corrected chi connectivity index (χ3v) is 5.49. The average Bonchev–Trinajstić information content (AvgIpc) is 3.30. The van der Waals surface area contributed by atoms with E-state index in [4.69, 9.17) is 11.6 Å². The Morgan fingerprint density at radius 3 is 2.48 bits per heavy atom. The number of Topliss-reactive ketones (excluding diaryl/α,β-unsaturated/α-hetero) is 2. The summed E-state index contributed by atoms with van der Waals surface area (Å²) in [5.74, 6) is -1.98. The third-order valence-electron chi connectivity index (χ3n) is 4.07. The summed E-state index contributed by atoms with van der Waals surface area (Å²) in [4.78, 5) is 25.6. The van der Waals surface area contributed by atoms with Crippen LogP contribution in [0.2, 0.25) is 5.02 Å². The molecule has 0 N–H and O–H groups in total. The highest BCUT2D eigenvalue weighted by atomic mass is 35.5. The van der Waals surface area contributed by atoms with Crippen molar-refractivity contribution < 1.29 is 18.0 Å². The lowest BCUT2D eigenvalue weighted by atomic mass is 9.90. The first kappa shape index (κ1) is 17.7. The van der Waals surface area contributed by atoms with Crippen molar-refractivity contribution in [1.82, 2.24) is 20.2 Å². The van der Waals surface area contributed by atoms with E-state index >= 15 is 0 Å². The summed E-state index contributed by atoms with van der Waals surface area (Å²) in [5, 5.41) is 11.0. The molecule has 1 unspecified atom stereocenters. The van der Waals surface area contributed by atoms with Gasteiger partial charge in [0, 0.05) is 24.8 Å². The molecule has 0 spiro atoms. The molecule has 132 valence electrons. The molecule has 3 rings (SSSR count). The molecule has 1 aliphatic carbocycles. The number of nitrogens with zero attached hydrogens (tertiary/aromatic N) is 4. The Morgan fingerprint density at radius 1 is 1.32 bits per heavy atom. The standard InChI is InChI=1S/C15H15ClN4O4S/c1-20-15(17-18-19-20)12(13(21)8-3-4-8)14(22)10-6-5-9(7-11(10)16)25(2,23)24/h5-8,12H,3-4H2,1-2H3. The molecular formula is C15H15ClN4O4S. The number of carbonyl (C=O) groups excluding carboxylic acids is 2. The Balaban J connectivity index is 2.04. The number of halogens is 1. The normalized spacial score (nSPS) is 15.8. The quantitative estimate of drug-likeness (QED) is 0.545. The number of ketones is 2. The van der Waals surface area contributed by atoms with Crippen molar-refractivity contribution in [3.63, 3.8) is 0 Å². The van der Waals surface area contributed by atoms with Crippen molar-refractivity contribution in [1.29, 1.82) is 0 Å². The van der Waals surface area contributed by atoms with Gasteiger partial charge in [-0.25, -0.2) is 13.1 Å². The van der Waals surface area contributed by atoms with Crippen LogP contribution < -0.4 is 0 Å². The minimum absolute atomic E-state index is 0.000514. The highest BCUT2D eigenvalue weighted by Gasteiger charge is 2.42. The first-order chi connectivity index (χ1) is 11.7. The van der Waals surface area contributed by atoms with Crippen molar-refractivity contribution >= 4 is 33.0 Å². The number of hydrogen-bond donors (Lipinski definition) is 0. The Bertz CT molecular complexity index is 966. The lowest BCUT2D eigenvalue weighted by Crippen LogP contribution is -2.27. The summed E-state index contributed by atoms with van der Waals surface area (Å²) in [6, 6.07) is 3.82. The zero-order valence-corrected chi connectivity index (χ0v) is 15.1. The molecule has 0 aliphatic heterocycles. The van der Waals surface area contributed by atoms with Gasteiger partial charge in [-0.2, -0.15) is 0 Å². The summed E-state index contributed by atoms with van der Waals surface area (Å²) in [7, 11) is -1.91. The predicted molar refractivity (Wildman–Crippen MR) is 88.2 cm³/mol. The number of hydrogen-bond acceptors (Lipinski definition) is 7. The zero-order chi connectivity index (χ0) is 18.4. The molecule has 1 fully saturated rings. The molecule has 8 nitrogen and oxygen atoms in total. The van der Waals surface area contributed by atoms with E-state index in [1.165, 1.54) is 22.9 Å². The smallest absolute Gasteiger partial charge is 0.182 e. The maximum Gasteiger partial charge on any atom is 0.182 e. The van der Waals surface area contributed by atoms with Gasteiger partial charge in [-0.15, -0.1) is 5.10 Å². The van der Waals surface area contributed by atoms with Crippen LogP contribution in [-0.2, 0) is 21.7 Å². The van der Waals surface area contributed by atoms with E-state index in [2.05, 4.69) is 15.5 Å². The maximum atomic E-state index is 13.0. The number of carbonyl (C=O) groups is 2. The second kappa shape index (κ2) is 6.30. The fourth-order valence-corrected chi connectivity index (χ4v) is 3.53. The van der Waals surface area contributed by atoms with Crippen LogP contribution >= 0.6 is 11.6 Å². The van der Waals surface area contributed by atoms with Gasteiger partial charge in [0.1, 0.15) is 5.92 Å². The summed E-state index contributed by atoms with van der Waals surface area (Å²) in [6.45, 7) is 0. The molecule has 0 saturated heterocycles. The topological polar surface area (TPSA) is 112 Å². The van der Waals surface area contributed by atoms with Crippen molar-refractivity contribution in [2.24, 2.45) is 13.0 Å². The Labute approximate surface area is 149 Å². The molecule has 0 amide bonds. The summed E-state index contributed by atoms with van der Waals surface area (Å²) in [6.07, 6.45) is 2.51. The largest absolute Gasteiger partial charge is 0.298 e. The van der Waals surface area contributed by atoms with E-state index in [1.807, 2.05) is 0 Å². The van der Waals surface area contributed by atoms with Crippen molar-refractivity contribution in [2.75, 3.05) is 6.26 Å². The van der Waals surface area contributed by atoms with Gasteiger partial charge < -0.3 is 0 Å². The number of aromatic nitrogens is 4. The fraction of sp³-hybridized carbons (Fsp3) is 0.400. The van der Waals surface area contributed by atoms with Crippen LogP contribution in [-0.4, -0.2) is 46.4 Å². The first-order valence-corrected chi connectivity index (χ1v) is 9.77. The highest BCUT2D eigenvalue weighted by molar-refractivity contribution is 7.90. The third kappa shape index (κ3) is 3.47. The Hall–Kier alpha value is -2.13. The van der Waals surface area contributed by atoms with Crippen LogP contribution in [0.1, 0.15) is 34.9 Å². The molecule has 1 aromatic carbocycles. The van der Waals surface area contributed by atoms with Gasteiger partial charge in [-0.05, 0) is 41.5 Å². The summed E-state index contributed by atoms with van der Waals surface area (Å²) < 4.78 is 24.5. The van der Waals surface area contributed by atoms with Crippen LogP contribution in [0.4, 0.5) is 0 Å². The number of tetrazole rings is 1. The number of sulfone groups is 1. The summed E-state index contributed by atoms with van der Waals surface area (Å²) in [5.41, 5.74) is 0.0658. The van der Waals surface area contributed by atoms with Gasteiger partial charge in [0.25, 0.3) is 0 Å². The number of benzene rings is 1. The summed E-state index contributed by atoms with van der Waals surface area (Å²) >= 11 is 6.12. The van der Waals surface area contributed by atoms with Crippen LogP contribution in [0.15, 0.2) is 23.1 Å². The van der Waals surface area contributed by atoms with Crippen LogP contribution in [0.3, 0.4) is 0 Å². The zero-order valence-electron chi connectivity index (χ0n) is 13.5. The fourth-order valence-electron chi connectivity index (χ4n) is 2.54. The lowest BCUT2D eigenvalue weighted by Gasteiger charge is -2.14. The molecule has 0 radical (unpaired) electrons. The van der Waals surface area contributed by atoms with Crippen molar-refractivity contribution in [2.45, 2.75) is 23.7 Å². The Morgan fingerprint density at radius 2 is 2.00 bits per heavy atom. The second-order valence-corrected chi connectivity index (χ2v) is 8.47. The molecule has 1 aromatic heterocycles. The minimum Gasteiger partial charge on any atom is -0.298 e. The van der Waals surface area contributed by atoms with Gasteiger partial charge in [0.15, 0.2) is 27.2 Å². The Kier molecular flexibility index (Phi) is 4.46. The van der Waals surface area contributed by atoms with Gasteiger partial charge in [-0.3, -0.25) is 9.59 Å². The predicted octanol–water partition coefficient (Wildman–Crippen LogP) is 1.21. The molecule has 25 heavy (non-hydrogen) atoms. The molecule has 2 aromatic rings. The van der Waals surface area contributed by atoms with Crippen LogP contribution in [0.25, 0.3) is 0 Å². The van der Waals surface area contributed by atoms with E-state index in [-0.39, 0.29) is 33.0 Å². The molecule has 1 saturated carbocycles. The molecule has 1 aliphatic rings. The van der Waals surface area contributed by atoms with E-state index in [0.717, 1.165) is 19.1 Å².